The molecule has 3 fully saturated rings. The van der Waals surface area contributed by atoms with E-state index in [1.807, 2.05) is 13.8 Å². The van der Waals surface area contributed by atoms with Crippen molar-refractivity contribution in [2.45, 2.75) is 70.1 Å². The highest BCUT2D eigenvalue weighted by molar-refractivity contribution is 5.02. The summed E-state index contributed by atoms with van der Waals surface area (Å²) in [5.74, 6) is 0. The van der Waals surface area contributed by atoms with Gasteiger partial charge in [0, 0.05) is 18.6 Å². The minimum atomic E-state index is -0.541. The largest absolute Gasteiger partial charge is 0.389 e. The highest BCUT2D eigenvalue weighted by Crippen LogP contribution is 2.49. The van der Waals surface area contributed by atoms with E-state index in [0.29, 0.717) is 5.41 Å². The topological polar surface area (TPSA) is 35.5 Å². The number of aliphatic hydroxyl groups is 1. The summed E-state index contributed by atoms with van der Waals surface area (Å²) in [4.78, 5) is 2.44. The number of nitrogens with one attached hydrogen (secondary N) is 1. The third-order valence-electron chi connectivity index (χ3n) is 4.93. The molecule has 0 bridgehead atoms. The molecule has 0 unspecified atom stereocenters. The molecule has 0 amide bonds. The van der Waals surface area contributed by atoms with Crippen molar-refractivity contribution < 1.29 is 5.11 Å². The van der Waals surface area contributed by atoms with E-state index >= 15 is 0 Å². The van der Waals surface area contributed by atoms with Gasteiger partial charge in [0.25, 0.3) is 0 Å². The van der Waals surface area contributed by atoms with Gasteiger partial charge in [0.2, 0.25) is 0 Å². The molecule has 0 aromatic carbocycles. The van der Waals surface area contributed by atoms with Crippen LogP contribution in [-0.4, -0.2) is 47.3 Å². The van der Waals surface area contributed by atoms with Crippen LogP contribution in [0.4, 0.5) is 0 Å². The van der Waals surface area contributed by atoms with E-state index in [4.69, 9.17) is 0 Å². The molecular formula is C15H28N2O. The van der Waals surface area contributed by atoms with Gasteiger partial charge in [0.05, 0.1) is 5.60 Å². The van der Waals surface area contributed by atoms with Crippen molar-refractivity contribution in [2.24, 2.45) is 5.41 Å². The minimum Gasteiger partial charge on any atom is -0.389 e. The van der Waals surface area contributed by atoms with Crippen LogP contribution in [0.2, 0.25) is 0 Å². The Bertz CT molecular complexity index is 290. The molecule has 2 aliphatic carbocycles. The lowest BCUT2D eigenvalue weighted by molar-refractivity contribution is -0.0255. The highest BCUT2D eigenvalue weighted by Gasteiger charge is 2.46. The quantitative estimate of drug-likeness (QED) is 0.800. The second kappa shape index (κ2) is 4.46. The van der Waals surface area contributed by atoms with Crippen molar-refractivity contribution >= 4 is 0 Å². The maximum Gasteiger partial charge on any atom is 0.0718 e. The molecule has 18 heavy (non-hydrogen) atoms. The molecule has 2 N–H and O–H groups in total. The summed E-state index contributed by atoms with van der Waals surface area (Å²) in [6, 6.07) is 1.68. The molecule has 3 heteroatoms. The van der Waals surface area contributed by atoms with Crippen LogP contribution in [0.25, 0.3) is 0 Å². The van der Waals surface area contributed by atoms with E-state index in [1.165, 1.54) is 51.6 Å². The maximum absolute atomic E-state index is 9.87. The Labute approximate surface area is 111 Å². The molecule has 0 aromatic rings. The number of nitrogens with zero attached hydrogens (tertiary/aromatic N) is 1. The Kier molecular flexibility index (Phi) is 3.20. The number of likely N-dealkylation sites (tertiary alicyclic amines) is 1. The molecule has 1 saturated heterocycles. The number of hydrogen-bond donors (Lipinski definition) is 2. The molecule has 0 atom stereocenters. The lowest BCUT2D eigenvalue weighted by atomic mass is 9.60. The summed E-state index contributed by atoms with van der Waals surface area (Å²) in [5.41, 5.74) is 0.114. The third-order valence-corrected chi connectivity index (χ3v) is 4.93. The van der Waals surface area contributed by atoms with Gasteiger partial charge in [-0.3, -0.25) is 0 Å². The van der Waals surface area contributed by atoms with Crippen LogP contribution in [0.5, 0.6) is 0 Å². The van der Waals surface area contributed by atoms with E-state index in [9.17, 15) is 5.11 Å². The molecule has 0 aromatic heterocycles. The first-order chi connectivity index (χ1) is 8.44. The van der Waals surface area contributed by atoms with Gasteiger partial charge in [0.15, 0.2) is 0 Å². The lowest BCUT2D eigenvalue weighted by Crippen LogP contribution is -2.55. The molecule has 1 aliphatic heterocycles. The zero-order chi connectivity index (χ0) is 12.8. The Hall–Kier alpha value is -0.120. The number of hydrogen-bond acceptors (Lipinski definition) is 3. The number of rotatable bonds is 4. The van der Waals surface area contributed by atoms with Gasteiger partial charge in [-0.05, 0) is 70.9 Å². The predicted octanol–water partition coefficient (Wildman–Crippen LogP) is 1.75. The monoisotopic (exact) mass is 252 g/mol. The zero-order valence-corrected chi connectivity index (χ0v) is 11.9. The summed E-state index contributed by atoms with van der Waals surface area (Å²) in [6.07, 6.45) is 8.29. The summed E-state index contributed by atoms with van der Waals surface area (Å²) in [6.45, 7) is 7.01. The van der Waals surface area contributed by atoms with E-state index in [1.54, 1.807) is 0 Å². The predicted molar refractivity (Wildman–Crippen MR) is 73.6 cm³/mol. The summed E-state index contributed by atoms with van der Waals surface area (Å²) in [7, 11) is 0. The summed E-state index contributed by atoms with van der Waals surface area (Å²) >= 11 is 0. The number of piperidine rings is 1. The van der Waals surface area contributed by atoms with E-state index < -0.39 is 5.60 Å². The Morgan fingerprint density at radius 3 is 2.28 bits per heavy atom. The van der Waals surface area contributed by atoms with Crippen molar-refractivity contribution in [1.82, 2.24) is 10.2 Å². The van der Waals surface area contributed by atoms with Crippen LogP contribution < -0.4 is 5.32 Å². The van der Waals surface area contributed by atoms with E-state index in [2.05, 4.69) is 10.2 Å². The molecule has 2 saturated carbocycles. The summed E-state index contributed by atoms with van der Waals surface area (Å²) in [5, 5.41) is 13.6. The zero-order valence-electron chi connectivity index (χ0n) is 11.9. The molecule has 1 heterocycles. The van der Waals surface area contributed by atoms with Crippen molar-refractivity contribution in [1.29, 1.82) is 0 Å². The van der Waals surface area contributed by atoms with Crippen LogP contribution in [0.3, 0.4) is 0 Å². The van der Waals surface area contributed by atoms with Gasteiger partial charge in [-0.25, -0.2) is 0 Å². The Morgan fingerprint density at radius 2 is 1.78 bits per heavy atom. The van der Waals surface area contributed by atoms with Gasteiger partial charge >= 0.3 is 0 Å². The molecule has 3 nitrogen and oxygen atoms in total. The second-order valence-electron chi connectivity index (χ2n) is 7.63. The van der Waals surface area contributed by atoms with Crippen LogP contribution in [0.15, 0.2) is 0 Å². The van der Waals surface area contributed by atoms with Crippen LogP contribution in [0, 0.1) is 5.41 Å². The van der Waals surface area contributed by atoms with Crippen molar-refractivity contribution in [2.75, 3.05) is 19.6 Å². The molecule has 3 aliphatic rings. The SMILES string of the molecule is CC(C)(O)CN1CCC2(CC1)CC(NC1CC1)C2. The second-order valence-corrected chi connectivity index (χ2v) is 7.63. The molecule has 1 spiro atoms. The molecular weight excluding hydrogens is 224 g/mol. The van der Waals surface area contributed by atoms with Crippen molar-refractivity contribution in [3.05, 3.63) is 0 Å². The van der Waals surface area contributed by atoms with Gasteiger partial charge in [-0.15, -0.1) is 0 Å². The third kappa shape index (κ3) is 3.06. The van der Waals surface area contributed by atoms with Crippen LogP contribution >= 0.6 is 0 Å². The smallest absolute Gasteiger partial charge is 0.0718 e. The number of β-amino-alcohol motifs (C(OH)–C–C–N with tert-alkyl or cyclic N) is 1. The van der Waals surface area contributed by atoms with Gasteiger partial charge in [-0.1, -0.05) is 0 Å². The van der Waals surface area contributed by atoms with Gasteiger partial charge in [0.1, 0.15) is 0 Å². The average Bonchev–Trinajstić information content (AvgIpc) is 3.00. The normalized spacial score (nSPS) is 29.5. The molecule has 3 rings (SSSR count). The lowest BCUT2D eigenvalue weighted by Gasteiger charge is -2.53. The van der Waals surface area contributed by atoms with Crippen LogP contribution in [-0.2, 0) is 0 Å². The first kappa shape index (κ1) is 12.9. The average molecular weight is 252 g/mol. The first-order valence-electron chi connectivity index (χ1n) is 7.65. The van der Waals surface area contributed by atoms with Gasteiger partial charge < -0.3 is 15.3 Å². The fourth-order valence-electron chi connectivity index (χ4n) is 3.83. The highest BCUT2D eigenvalue weighted by atomic mass is 16.3. The minimum absolute atomic E-state index is 0.541. The van der Waals surface area contributed by atoms with Crippen molar-refractivity contribution in [3.63, 3.8) is 0 Å². The Morgan fingerprint density at radius 1 is 1.17 bits per heavy atom. The van der Waals surface area contributed by atoms with E-state index in [-0.39, 0.29) is 0 Å². The fraction of sp³-hybridized carbons (Fsp3) is 1.00. The van der Waals surface area contributed by atoms with Crippen LogP contribution in [0.1, 0.15) is 52.4 Å². The summed E-state index contributed by atoms with van der Waals surface area (Å²) < 4.78 is 0. The molecule has 0 radical (unpaired) electrons. The molecule has 104 valence electrons. The maximum atomic E-state index is 9.87. The van der Waals surface area contributed by atoms with Crippen molar-refractivity contribution in [3.8, 4) is 0 Å². The fourth-order valence-corrected chi connectivity index (χ4v) is 3.83. The first-order valence-corrected chi connectivity index (χ1v) is 7.65. The van der Waals surface area contributed by atoms with Gasteiger partial charge in [-0.2, -0.15) is 0 Å². The van der Waals surface area contributed by atoms with E-state index in [0.717, 1.165) is 18.6 Å². The standard InChI is InChI=1S/C15H28N2O/c1-14(2,18)11-17-7-5-15(6-8-17)9-13(10-15)16-12-3-4-12/h12-13,16,18H,3-11H2,1-2H3. The Balaban J connectivity index is 1.40.